The number of nitrogens with zero attached hydrogens (tertiary/aromatic N) is 9. The molecule has 0 saturated heterocycles. The SMILES string of the molecule is CC(N=[N+]=[N-])c1nc([N+](=O)[O-])n[nH]1.O=[N+]([O-])c1nc[nH]n1. The van der Waals surface area contributed by atoms with E-state index >= 15 is 0 Å². The Balaban J connectivity index is 0.000000235. The Morgan fingerprint density at radius 3 is 2.38 bits per heavy atom. The number of H-pyrrole nitrogens is 2. The van der Waals surface area contributed by atoms with Gasteiger partial charge in [-0.05, 0) is 27.3 Å². The smallest absolute Gasteiger partial charge is 0.390 e. The van der Waals surface area contributed by atoms with Crippen LogP contribution in [-0.2, 0) is 0 Å². The Labute approximate surface area is 114 Å². The molecule has 0 amide bonds. The van der Waals surface area contributed by atoms with Crippen LogP contribution in [0, 0.1) is 20.2 Å². The molecule has 0 radical (unpaired) electrons. The summed E-state index contributed by atoms with van der Waals surface area (Å²) in [7, 11) is 0. The number of hydrogen-bond donors (Lipinski definition) is 2. The van der Waals surface area contributed by atoms with Gasteiger partial charge in [0.1, 0.15) is 6.04 Å². The Hall–Kier alpha value is -3.61. The minimum absolute atomic E-state index is 0.171. The monoisotopic (exact) mass is 297 g/mol. The number of azide groups is 1. The number of nitro groups is 2. The van der Waals surface area contributed by atoms with E-state index in [0.717, 1.165) is 6.33 Å². The summed E-state index contributed by atoms with van der Waals surface area (Å²) in [6.45, 7) is 1.55. The molecule has 2 aromatic heterocycles. The maximum atomic E-state index is 10.2. The van der Waals surface area contributed by atoms with Crippen LogP contribution in [0.3, 0.4) is 0 Å². The van der Waals surface area contributed by atoms with Crippen LogP contribution in [0.1, 0.15) is 18.8 Å². The topological polar surface area (TPSA) is 218 Å². The zero-order chi connectivity index (χ0) is 15.8. The second kappa shape index (κ2) is 7.10. The zero-order valence-electron chi connectivity index (χ0n) is 10.3. The van der Waals surface area contributed by atoms with Crippen LogP contribution in [-0.4, -0.2) is 40.2 Å². The number of hydrogen-bond acceptors (Lipinski definition) is 9. The maximum Gasteiger partial charge on any atom is 0.491 e. The average Bonchev–Trinajstić information content (AvgIpc) is 3.11. The Bertz CT molecular complexity index is 656. The molecule has 2 rings (SSSR count). The summed E-state index contributed by atoms with van der Waals surface area (Å²) in [5, 5.41) is 34.2. The number of aromatic amines is 2. The first-order valence-electron chi connectivity index (χ1n) is 5.06. The fraction of sp³-hybridized carbons (Fsp3) is 0.333. The summed E-state index contributed by atoms with van der Waals surface area (Å²) in [5.41, 5.74) is 8.08. The van der Waals surface area contributed by atoms with Crippen molar-refractivity contribution in [3.63, 3.8) is 0 Å². The van der Waals surface area contributed by atoms with E-state index in [1.54, 1.807) is 6.92 Å². The van der Waals surface area contributed by atoms with Gasteiger partial charge in [0.2, 0.25) is 12.2 Å². The molecule has 0 aromatic carbocycles. The molecule has 2 heterocycles. The van der Waals surface area contributed by atoms with Crippen LogP contribution in [0.25, 0.3) is 10.4 Å². The van der Waals surface area contributed by atoms with Gasteiger partial charge in [0.15, 0.2) is 0 Å². The molecule has 0 aliphatic heterocycles. The molecule has 2 N–H and O–H groups in total. The molecule has 0 aliphatic carbocycles. The van der Waals surface area contributed by atoms with Crippen molar-refractivity contribution in [1.29, 1.82) is 0 Å². The summed E-state index contributed by atoms with van der Waals surface area (Å²) in [6.07, 6.45) is 1.15. The molecule has 0 spiro atoms. The van der Waals surface area contributed by atoms with Crippen molar-refractivity contribution >= 4 is 11.9 Å². The predicted octanol–water partition coefficient (Wildman–Crippen LogP) is 0.797. The molecule has 1 unspecified atom stereocenters. The fourth-order valence-corrected chi connectivity index (χ4v) is 0.956. The van der Waals surface area contributed by atoms with Gasteiger partial charge in [-0.3, -0.25) is 0 Å². The molecular weight excluding hydrogens is 290 g/mol. The van der Waals surface area contributed by atoms with Crippen molar-refractivity contribution in [2.45, 2.75) is 13.0 Å². The van der Waals surface area contributed by atoms with Crippen LogP contribution in [0.15, 0.2) is 11.4 Å². The zero-order valence-corrected chi connectivity index (χ0v) is 10.3. The van der Waals surface area contributed by atoms with Gasteiger partial charge in [0.05, 0.1) is 0 Å². The summed E-state index contributed by atoms with van der Waals surface area (Å²) in [6, 6.07) is -0.591. The van der Waals surface area contributed by atoms with Gasteiger partial charge in [-0.25, -0.2) is 0 Å². The largest absolute Gasteiger partial charge is 0.491 e. The van der Waals surface area contributed by atoms with Gasteiger partial charge in [0.25, 0.3) is 0 Å². The number of aromatic nitrogens is 6. The minimum Gasteiger partial charge on any atom is -0.390 e. The van der Waals surface area contributed by atoms with Crippen molar-refractivity contribution in [2.75, 3.05) is 0 Å². The lowest BCUT2D eigenvalue weighted by atomic mass is 10.3. The van der Waals surface area contributed by atoms with Gasteiger partial charge >= 0.3 is 11.9 Å². The van der Waals surface area contributed by atoms with Crippen LogP contribution < -0.4 is 0 Å². The van der Waals surface area contributed by atoms with Crippen LogP contribution in [0.2, 0.25) is 0 Å². The summed E-state index contributed by atoms with van der Waals surface area (Å²) in [4.78, 5) is 27.8. The average molecular weight is 297 g/mol. The van der Waals surface area contributed by atoms with Gasteiger partial charge in [-0.2, -0.15) is 10.2 Å². The van der Waals surface area contributed by atoms with E-state index in [1.165, 1.54) is 0 Å². The highest BCUT2D eigenvalue weighted by Gasteiger charge is 2.18. The molecule has 110 valence electrons. The Morgan fingerprint density at radius 2 is 2.00 bits per heavy atom. The summed E-state index contributed by atoms with van der Waals surface area (Å²) >= 11 is 0. The lowest BCUT2D eigenvalue weighted by Gasteiger charge is -1.90. The van der Waals surface area contributed by atoms with Crippen molar-refractivity contribution in [1.82, 2.24) is 30.4 Å². The van der Waals surface area contributed by atoms with E-state index in [-0.39, 0.29) is 5.82 Å². The molecule has 1 atom stereocenters. The van der Waals surface area contributed by atoms with Crippen molar-refractivity contribution < 1.29 is 9.85 Å². The Kier molecular flexibility index (Phi) is 5.22. The van der Waals surface area contributed by atoms with Crippen molar-refractivity contribution in [3.05, 3.63) is 42.8 Å². The highest BCUT2D eigenvalue weighted by molar-refractivity contribution is 5.05. The minimum atomic E-state index is -0.733. The van der Waals surface area contributed by atoms with E-state index in [9.17, 15) is 20.2 Å². The first-order chi connectivity index (χ1) is 9.95. The van der Waals surface area contributed by atoms with Gasteiger partial charge < -0.3 is 20.2 Å². The quantitative estimate of drug-likeness (QED) is 0.269. The van der Waals surface area contributed by atoms with E-state index < -0.39 is 27.8 Å². The molecule has 0 saturated carbocycles. The highest BCUT2D eigenvalue weighted by atomic mass is 16.6. The van der Waals surface area contributed by atoms with Gasteiger partial charge in [-0.1, -0.05) is 10.1 Å². The van der Waals surface area contributed by atoms with E-state index in [0.29, 0.717) is 0 Å². The normalized spacial score (nSPS) is 10.7. The van der Waals surface area contributed by atoms with Gasteiger partial charge in [-0.15, -0.1) is 0 Å². The van der Waals surface area contributed by atoms with Crippen LogP contribution >= 0.6 is 0 Å². The molecule has 0 fully saturated rings. The molecule has 21 heavy (non-hydrogen) atoms. The van der Waals surface area contributed by atoms with Crippen LogP contribution in [0.4, 0.5) is 11.9 Å². The standard InChI is InChI=1S/C4H5N7O2.C2H2N4O2/c1-2(7-10-5)3-6-4(9-8-3)11(12)13;7-6(8)2-3-1-4-5-2/h2H,1H3,(H,6,8,9);1H,(H,3,4,5). The highest BCUT2D eigenvalue weighted by Crippen LogP contribution is 2.13. The molecule has 15 heteroatoms. The van der Waals surface area contributed by atoms with Gasteiger partial charge in [0, 0.05) is 15.1 Å². The third-order valence-electron chi connectivity index (χ3n) is 1.84. The number of rotatable bonds is 4. The summed E-state index contributed by atoms with van der Waals surface area (Å²) in [5.74, 6) is -0.760. The molecular formula is C6H7N11O4. The molecule has 15 nitrogen and oxygen atoms in total. The predicted molar refractivity (Wildman–Crippen MR) is 63.6 cm³/mol. The summed E-state index contributed by atoms with van der Waals surface area (Å²) < 4.78 is 0. The number of nitrogens with one attached hydrogen (secondary N) is 2. The van der Waals surface area contributed by atoms with Crippen molar-refractivity contribution in [3.8, 4) is 0 Å². The lowest BCUT2D eigenvalue weighted by Crippen LogP contribution is -1.92. The fourth-order valence-electron chi connectivity index (χ4n) is 0.956. The second-order valence-electron chi connectivity index (χ2n) is 3.21. The molecule has 0 aliphatic rings. The molecule has 2 aromatic rings. The first-order valence-corrected chi connectivity index (χ1v) is 5.06. The third-order valence-corrected chi connectivity index (χ3v) is 1.84. The van der Waals surface area contributed by atoms with Crippen molar-refractivity contribution in [2.24, 2.45) is 5.11 Å². The second-order valence-corrected chi connectivity index (χ2v) is 3.21. The van der Waals surface area contributed by atoms with E-state index in [1.807, 2.05) is 0 Å². The van der Waals surface area contributed by atoms with E-state index in [2.05, 4.69) is 40.4 Å². The Morgan fingerprint density at radius 1 is 1.33 bits per heavy atom. The first kappa shape index (κ1) is 15.4. The third kappa shape index (κ3) is 4.52. The molecule has 0 bridgehead atoms. The lowest BCUT2D eigenvalue weighted by molar-refractivity contribution is -0.394. The maximum absolute atomic E-state index is 10.2. The van der Waals surface area contributed by atoms with Crippen LogP contribution in [0.5, 0.6) is 0 Å². The van der Waals surface area contributed by atoms with E-state index in [4.69, 9.17) is 5.53 Å².